The number of para-hydroxylation sites is 1. The predicted molar refractivity (Wildman–Crippen MR) is 166 cm³/mol. The molecule has 1 aromatic heterocycles. The highest BCUT2D eigenvalue weighted by atomic mass is 16.8. The molecule has 3 heterocycles. The molecule has 0 radical (unpaired) electrons. The minimum atomic E-state index is -1.87. The molecule has 1 saturated heterocycles. The topological polar surface area (TPSA) is 137 Å². The largest absolute Gasteiger partial charge is 0.465 e. The van der Waals surface area contributed by atoms with Crippen LogP contribution < -0.4 is 0 Å². The zero-order valence-corrected chi connectivity index (χ0v) is 27.4. The van der Waals surface area contributed by atoms with E-state index in [9.17, 15) is 24.6 Å². The Labute approximate surface area is 268 Å². The van der Waals surface area contributed by atoms with Gasteiger partial charge in [0.25, 0.3) is 0 Å². The number of nitrogens with zero attached hydrogens (tertiary/aromatic N) is 2. The maximum atomic E-state index is 14.0. The number of aromatic nitrogens is 1. The first-order chi connectivity index (χ1) is 21.6. The molecule has 46 heavy (non-hydrogen) atoms. The Bertz CT molecular complexity index is 1680. The van der Waals surface area contributed by atoms with Gasteiger partial charge in [-0.1, -0.05) is 32.0 Å². The summed E-state index contributed by atoms with van der Waals surface area (Å²) in [5.41, 5.74) is -1.86. The molecule has 3 aliphatic carbocycles. The van der Waals surface area contributed by atoms with E-state index in [2.05, 4.69) is 6.92 Å². The summed E-state index contributed by atoms with van der Waals surface area (Å²) < 4.78 is 25.5. The smallest absolute Gasteiger partial charge is 0.418 e. The number of aliphatic hydroxyl groups is 2. The molecule has 1 spiro atoms. The van der Waals surface area contributed by atoms with Crippen LogP contribution in [-0.2, 0) is 40.4 Å². The molecule has 3 fully saturated rings. The molecule has 2 N–H and O–H groups in total. The van der Waals surface area contributed by atoms with Crippen LogP contribution in [0.4, 0.5) is 4.79 Å². The third-order valence-corrected chi connectivity index (χ3v) is 11.8. The predicted octanol–water partition coefficient (Wildman–Crippen LogP) is 3.25. The number of aliphatic hydroxyl groups excluding tert-OH is 1. The number of carbonyl (C=O) groups is 3. The van der Waals surface area contributed by atoms with E-state index in [1.165, 1.54) is 6.08 Å². The third kappa shape index (κ3) is 3.98. The van der Waals surface area contributed by atoms with Gasteiger partial charge < -0.3 is 29.2 Å². The van der Waals surface area contributed by atoms with Gasteiger partial charge in [-0.3, -0.25) is 14.5 Å². The van der Waals surface area contributed by atoms with Crippen LogP contribution in [0.1, 0.15) is 64.6 Å². The fourth-order valence-corrected chi connectivity index (χ4v) is 9.57. The van der Waals surface area contributed by atoms with E-state index in [1.807, 2.05) is 45.0 Å². The van der Waals surface area contributed by atoms with Crippen LogP contribution in [0, 0.1) is 11.3 Å². The first kappa shape index (κ1) is 31.5. The minimum absolute atomic E-state index is 0.0541. The van der Waals surface area contributed by atoms with Gasteiger partial charge in [0, 0.05) is 40.3 Å². The van der Waals surface area contributed by atoms with Crippen molar-refractivity contribution in [2.24, 2.45) is 11.3 Å². The van der Waals surface area contributed by atoms with Crippen molar-refractivity contribution in [2.75, 3.05) is 33.9 Å². The first-order valence-electron chi connectivity index (χ1n) is 16.3. The molecule has 2 saturated carbocycles. The molecule has 2 aliphatic heterocycles. The lowest BCUT2D eigenvalue weighted by molar-refractivity contribution is -0.274. The van der Waals surface area contributed by atoms with Crippen LogP contribution in [-0.4, -0.2) is 101 Å². The zero-order chi connectivity index (χ0) is 33.0. The van der Waals surface area contributed by atoms with Crippen LogP contribution >= 0.6 is 0 Å². The van der Waals surface area contributed by atoms with Gasteiger partial charge >= 0.3 is 12.1 Å². The lowest BCUT2D eigenvalue weighted by Gasteiger charge is -2.67. The van der Waals surface area contributed by atoms with Crippen LogP contribution in [0.25, 0.3) is 10.9 Å². The van der Waals surface area contributed by atoms with Gasteiger partial charge in [-0.05, 0) is 70.8 Å². The van der Waals surface area contributed by atoms with Gasteiger partial charge in [0.05, 0.1) is 31.4 Å². The van der Waals surface area contributed by atoms with Crippen molar-refractivity contribution >= 4 is 28.7 Å². The van der Waals surface area contributed by atoms with E-state index in [0.29, 0.717) is 31.2 Å². The van der Waals surface area contributed by atoms with Gasteiger partial charge in [0.2, 0.25) is 0 Å². The number of likely N-dealkylation sites (N-methyl/N-ethyl adjacent to an activating group) is 1. The Hall–Kier alpha value is -3.09. The second-order valence-corrected chi connectivity index (χ2v) is 15.0. The molecule has 5 aliphatic rings. The molecule has 248 valence electrons. The first-order valence-corrected chi connectivity index (χ1v) is 16.3. The molecule has 7 atom stereocenters. The van der Waals surface area contributed by atoms with Crippen molar-refractivity contribution < 1.29 is 43.5 Å². The van der Waals surface area contributed by atoms with Gasteiger partial charge in [-0.2, -0.15) is 0 Å². The molecule has 0 amide bonds. The lowest BCUT2D eigenvalue weighted by atomic mass is 9.41. The average Bonchev–Trinajstić information content (AvgIpc) is 3.55. The Kier molecular flexibility index (Phi) is 6.99. The van der Waals surface area contributed by atoms with E-state index >= 15 is 0 Å². The van der Waals surface area contributed by atoms with Crippen molar-refractivity contribution in [1.82, 2.24) is 9.47 Å². The Morgan fingerprint density at radius 1 is 1.09 bits per heavy atom. The molecular formula is C35H44N2O9. The summed E-state index contributed by atoms with van der Waals surface area (Å²) in [6.07, 6.45) is 0.933. The molecule has 11 nitrogen and oxygen atoms in total. The van der Waals surface area contributed by atoms with Crippen molar-refractivity contribution in [2.45, 2.75) is 94.4 Å². The van der Waals surface area contributed by atoms with Crippen molar-refractivity contribution in [1.29, 1.82) is 0 Å². The zero-order valence-electron chi connectivity index (χ0n) is 27.4. The summed E-state index contributed by atoms with van der Waals surface area (Å²) in [4.78, 5) is 41.0. The molecule has 2 bridgehead atoms. The number of ether oxygens (including phenoxy) is 4. The Balaban J connectivity index is 1.27. The summed E-state index contributed by atoms with van der Waals surface area (Å²) in [6, 6.07) is 7.70. The molecule has 11 heteroatoms. The normalized spacial score (nSPS) is 36.9. The van der Waals surface area contributed by atoms with E-state index in [4.69, 9.17) is 18.9 Å². The van der Waals surface area contributed by atoms with Crippen LogP contribution in [0.15, 0.2) is 35.9 Å². The van der Waals surface area contributed by atoms with E-state index in [0.717, 1.165) is 16.6 Å². The van der Waals surface area contributed by atoms with Crippen LogP contribution in [0.2, 0.25) is 0 Å². The summed E-state index contributed by atoms with van der Waals surface area (Å²) in [5.74, 6) is -2.05. The summed E-state index contributed by atoms with van der Waals surface area (Å²) in [5, 5.41) is 25.8. The van der Waals surface area contributed by atoms with Crippen LogP contribution in [0.3, 0.4) is 0 Å². The highest BCUT2D eigenvalue weighted by molar-refractivity contribution is 5.98. The maximum absolute atomic E-state index is 14.0. The van der Waals surface area contributed by atoms with E-state index in [-0.39, 0.29) is 49.4 Å². The number of benzene rings is 1. The minimum Gasteiger partial charge on any atom is -0.465 e. The van der Waals surface area contributed by atoms with Gasteiger partial charge in [0.15, 0.2) is 17.7 Å². The quantitative estimate of drug-likeness (QED) is 0.359. The van der Waals surface area contributed by atoms with Crippen molar-refractivity contribution in [3.63, 3.8) is 0 Å². The monoisotopic (exact) mass is 636 g/mol. The molecule has 2 aromatic rings. The summed E-state index contributed by atoms with van der Waals surface area (Å²) >= 11 is 0. The number of ketones is 1. The average molecular weight is 637 g/mol. The third-order valence-electron chi connectivity index (χ3n) is 11.8. The number of fused-ring (bicyclic) bond motifs is 9. The molecule has 1 aromatic carbocycles. The number of hydrogen-bond donors (Lipinski definition) is 2. The van der Waals surface area contributed by atoms with Crippen molar-refractivity contribution in [3.05, 3.63) is 47.2 Å². The molecule has 1 unspecified atom stereocenters. The van der Waals surface area contributed by atoms with Gasteiger partial charge in [-0.15, -0.1) is 0 Å². The summed E-state index contributed by atoms with van der Waals surface area (Å²) in [7, 11) is 3.57. The molecule has 7 rings (SSSR count). The Morgan fingerprint density at radius 2 is 1.80 bits per heavy atom. The van der Waals surface area contributed by atoms with E-state index in [1.54, 1.807) is 23.6 Å². The fraction of sp³-hybridized carbons (Fsp3) is 0.629. The van der Waals surface area contributed by atoms with Gasteiger partial charge in [0.1, 0.15) is 11.2 Å². The highest BCUT2D eigenvalue weighted by Crippen LogP contribution is 2.72. The standard InChI is InChI=1S/C35H44N2O9/c1-31(2)29-24(38)18-25-34(45-29,46-31)13-12-32(3)33(4)20(17-26(39)35(25,32)42)16-22-21-10-7-8-11-23(21)37(28(22)33)30(41)44-15-9-14-43-27(40)19-36(5)6/h7-8,10-11,18,20,26,29,39,42H,9,12-17,19H2,1-6H3/t20-,26+,29+,32-,33-,34?,35+/m1/s1. The molecular weight excluding hydrogens is 592 g/mol. The Morgan fingerprint density at radius 3 is 2.54 bits per heavy atom. The SMILES string of the molecule is CN(C)CC(=O)OCCCOC(=O)n1c2c(c3ccccc31)C[C@@H]1C[C@H](O)[C@@]3(O)C4=CC(=O)[C@@H]5OC4(CC[C@]3(C)[C@@]21C)OC5(C)C. The van der Waals surface area contributed by atoms with E-state index < -0.39 is 46.1 Å². The number of esters is 1. The fourth-order valence-electron chi connectivity index (χ4n) is 9.57. The highest BCUT2D eigenvalue weighted by Gasteiger charge is 2.78. The van der Waals surface area contributed by atoms with Crippen molar-refractivity contribution in [3.8, 4) is 0 Å². The number of hydrogen-bond acceptors (Lipinski definition) is 10. The van der Waals surface area contributed by atoms with Gasteiger partial charge in [-0.25, -0.2) is 9.36 Å². The summed E-state index contributed by atoms with van der Waals surface area (Å²) in [6.45, 7) is 8.03. The lowest BCUT2D eigenvalue weighted by Crippen LogP contribution is -2.74. The number of carbonyl (C=O) groups excluding carboxylic acids is 3. The maximum Gasteiger partial charge on any atom is 0.418 e. The van der Waals surface area contributed by atoms with Crippen LogP contribution in [0.5, 0.6) is 0 Å². The number of rotatable bonds is 6. The second-order valence-electron chi connectivity index (χ2n) is 15.0. The second kappa shape index (κ2) is 10.2.